The summed E-state index contributed by atoms with van der Waals surface area (Å²) in [5, 5.41) is 9.49. The van der Waals surface area contributed by atoms with Gasteiger partial charge in [-0.2, -0.15) is 0 Å². The lowest BCUT2D eigenvalue weighted by molar-refractivity contribution is -0.139. The first kappa shape index (κ1) is 25.2. The number of ether oxygens (including phenoxy) is 1. The van der Waals surface area contributed by atoms with E-state index in [2.05, 4.69) is 29.8 Å². The van der Waals surface area contributed by atoms with E-state index in [1.54, 1.807) is 19.1 Å². The molecule has 34 heavy (non-hydrogen) atoms. The number of urea groups is 1. The van der Waals surface area contributed by atoms with Gasteiger partial charge in [0, 0.05) is 23.6 Å². The normalized spacial score (nSPS) is 15.8. The number of hydrogen-bond donors (Lipinski definition) is 3. The minimum Gasteiger partial charge on any atom is -0.463 e. The summed E-state index contributed by atoms with van der Waals surface area (Å²) in [4.78, 5) is 27.1. The summed E-state index contributed by atoms with van der Waals surface area (Å²) in [5.74, 6) is 0.0611. The fourth-order valence-electron chi connectivity index (χ4n) is 3.89. The van der Waals surface area contributed by atoms with Crippen LogP contribution in [0.25, 0.3) is 0 Å². The maximum atomic E-state index is 12.7. The van der Waals surface area contributed by atoms with Gasteiger partial charge in [-0.3, -0.25) is 0 Å². The third kappa shape index (κ3) is 5.75. The highest BCUT2D eigenvalue weighted by atomic mass is 32.1. The Morgan fingerprint density at radius 2 is 1.59 bits per heavy atom. The maximum absolute atomic E-state index is 12.7. The Morgan fingerprint density at radius 1 is 1.03 bits per heavy atom. The molecule has 0 radical (unpaired) electrons. The Labute approximate surface area is 206 Å². The van der Waals surface area contributed by atoms with Gasteiger partial charge in [-0.05, 0) is 74.3 Å². The standard InChI is InChI=1S/C26H32N4O3S/c1-6-30-17(5)22(24(31)33-7-2)23(29-26(30)34)19-10-14-21(15-11-19)28-25(32)27-20-12-8-18(9-13-20)16(3)4/h8-16,23H,6-7H2,1-5H3,(H,29,34)(H2,27,28,32). The summed E-state index contributed by atoms with van der Waals surface area (Å²) < 4.78 is 5.31. The molecule has 2 amide bonds. The minimum absolute atomic E-state index is 0.289. The van der Waals surface area contributed by atoms with Crippen molar-refractivity contribution in [2.24, 2.45) is 0 Å². The fraction of sp³-hybridized carbons (Fsp3) is 0.346. The lowest BCUT2D eigenvalue weighted by Crippen LogP contribution is -2.47. The first-order chi connectivity index (χ1) is 16.2. The van der Waals surface area contributed by atoms with E-state index in [1.165, 1.54) is 5.56 Å². The number of nitrogens with zero attached hydrogens (tertiary/aromatic N) is 1. The van der Waals surface area contributed by atoms with Crippen molar-refractivity contribution in [1.29, 1.82) is 0 Å². The highest BCUT2D eigenvalue weighted by molar-refractivity contribution is 7.80. The van der Waals surface area contributed by atoms with Gasteiger partial charge in [-0.25, -0.2) is 9.59 Å². The lowest BCUT2D eigenvalue weighted by Gasteiger charge is -2.37. The summed E-state index contributed by atoms with van der Waals surface area (Å²) in [6.45, 7) is 10.8. The van der Waals surface area contributed by atoms with Crippen LogP contribution in [0.4, 0.5) is 16.2 Å². The number of rotatable bonds is 7. The van der Waals surface area contributed by atoms with Gasteiger partial charge in [0.25, 0.3) is 0 Å². The molecule has 1 heterocycles. The molecule has 0 bridgehead atoms. The number of thiocarbonyl (C=S) groups is 1. The van der Waals surface area contributed by atoms with Crippen LogP contribution in [-0.4, -0.2) is 35.2 Å². The molecule has 2 aromatic carbocycles. The number of allylic oxidation sites excluding steroid dienone is 1. The smallest absolute Gasteiger partial charge is 0.338 e. The van der Waals surface area contributed by atoms with E-state index in [0.29, 0.717) is 28.8 Å². The van der Waals surface area contributed by atoms with E-state index < -0.39 is 6.04 Å². The van der Waals surface area contributed by atoms with Gasteiger partial charge in [0.2, 0.25) is 0 Å². The first-order valence-corrected chi connectivity index (χ1v) is 11.9. The van der Waals surface area contributed by atoms with E-state index >= 15 is 0 Å². The summed E-state index contributed by atoms with van der Waals surface area (Å²) in [7, 11) is 0. The molecular formula is C26H32N4O3S. The van der Waals surface area contributed by atoms with Gasteiger partial charge in [-0.15, -0.1) is 0 Å². The molecule has 0 saturated carbocycles. The third-order valence-electron chi connectivity index (χ3n) is 5.74. The van der Waals surface area contributed by atoms with Crippen LogP contribution in [0, 0.1) is 0 Å². The second kappa shape index (κ2) is 11.2. The van der Waals surface area contributed by atoms with E-state index in [9.17, 15) is 9.59 Å². The molecule has 0 aliphatic carbocycles. The van der Waals surface area contributed by atoms with Crippen LogP contribution < -0.4 is 16.0 Å². The fourth-order valence-corrected chi connectivity index (χ4v) is 4.27. The topological polar surface area (TPSA) is 82.7 Å². The number of benzene rings is 2. The van der Waals surface area contributed by atoms with Crippen molar-refractivity contribution < 1.29 is 14.3 Å². The van der Waals surface area contributed by atoms with Gasteiger partial charge >= 0.3 is 12.0 Å². The van der Waals surface area contributed by atoms with Gasteiger partial charge in [0.05, 0.1) is 18.2 Å². The summed E-state index contributed by atoms with van der Waals surface area (Å²) >= 11 is 5.51. The molecule has 8 heteroatoms. The second-order valence-corrected chi connectivity index (χ2v) is 8.71. The van der Waals surface area contributed by atoms with Crippen LogP contribution in [0.3, 0.4) is 0 Å². The molecule has 1 aliphatic rings. The molecule has 1 unspecified atom stereocenters. The Hall–Kier alpha value is -3.39. The Morgan fingerprint density at radius 3 is 2.09 bits per heavy atom. The number of carbonyl (C=O) groups excluding carboxylic acids is 2. The number of amides is 2. The zero-order valence-corrected chi connectivity index (χ0v) is 21.1. The van der Waals surface area contributed by atoms with Crippen LogP contribution in [0.2, 0.25) is 0 Å². The molecule has 7 nitrogen and oxygen atoms in total. The largest absolute Gasteiger partial charge is 0.463 e. The van der Waals surface area contributed by atoms with Crippen LogP contribution >= 0.6 is 12.2 Å². The van der Waals surface area contributed by atoms with Gasteiger partial charge in [0.1, 0.15) is 0 Å². The van der Waals surface area contributed by atoms with Crippen molar-refractivity contribution in [1.82, 2.24) is 10.2 Å². The minimum atomic E-state index is -0.434. The Bertz CT molecular complexity index is 1080. The van der Waals surface area contributed by atoms with Crippen LogP contribution in [-0.2, 0) is 9.53 Å². The summed E-state index contributed by atoms with van der Waals surface area (Å²) in [6, 6.07) is 14.3. The summed E-state index contributed by atoms with van der Waals surface area (Å²) in [6.07, 6.45) is 0. The van der Waals surface area contributed by atoms with Crippen molar-refractivity contribution in [3.05, 3.63) is 70.9 Å². The van der Waals surface area contributed by atoms with Crippen molar-refractivity contribution >= 4 is 40.7 Å². The SMILES string of the molecule is CCOC(=O)C1=C(C)N(CC)C(=S)NC1c1ccc(NC(=O)Nc2ccc(C(C)C)cc2)cc1. The van der Waals surface area contributed by atoms with E-state index in [4.69, 9.17) is 17.0 Å². The van der Waals surface area contributed by atoms with Crippen LogP contribution in [0.5, 0.6) is 0 Å². The molecule has 180 valence electrons. The van der Waals surface area contributed by atoms with Crippen molar-refractivity contribution in [3.8, 4) is 0 Å². The predicted octanol–water partition coefficient (Wildman–Crippen LogP) is 5.54. The zero-order chi connectivity index (χ0) is 24.8. The van der Waals surface area contributed by atoms with E-state index in [0.717, 1.165) is 16.9 Å². The molecule has 0 saturated heterocycles. The van der Waals surface area contributed by atoms with Gasteiger partial charge < -0.3 is 25.6 Å². The van der Waals surface area contributed by atoms with Crippen LogP contribution in [0.1, 0.15) is 57.7 Å². The van der Waals surface area contributed by atoms with E-state index in [-0.39, 0.29) is 18.6 Å². The summed E-state index contributed by atoms with van der Waals surface area (Å²) in [5.41, 5.74) is 4.72. The van der Waals surface area contributed by atoms with Crippen molar-refractivity contribution in [2.45, 2.75) is 46.6 Å². The molecule has 1 atom stereocenters. The number of esters is 1. The molecule has 0 fully saturated rings. The highest BCUT2D eigenvalue weighted by Gasteiger charge is 2.34. The molecule has 0 spiro atoms. The average Bonchev–Trinajstić information content (AvgIpc) is 2.80. The molecule has 3 rings (SSSR count). The quantitative estimate of drug-likeness (QED) is 0.356. The monoisotopic (exact) mass is 480 g/mol. The average molecular weight is 481 g/mol. The zero-order valence-electron chi connectivity index (χ0n) is 20.3. The molecule has 1 aliphatic heterocycles. The van der Waals surface area contributed by atoms with Gasteiger partial charge in [-0.1, -0.05) is 38.1 Å². The number of hydrogen-bond acceptors (Lipinski definition) is 4. The third-order valence-corrected chi connectivity index (χ3v) is 6.08. The molecular weight excluding hydrogens is 448 g/mol. The Kier molecular flexibility index (Phi) is 8.28. The lowest BCUT2D eigenvalue weighted by atomic mass is 9.95. The molecule has 3 N–H and O–H groups in total. The van der Waals surface area contributed by atoms with Crippen molar-refractivity contribution in [3.63, 3.8) is 0 Å². The second-order valence-electron chi connectivity index (χ2n) is 8.32. The molecule has 0 aromatic heterocycles. The number of anilines is 2. The highest BCUT2D eigenvalue weighted by Crippen LogP contribution is 2.32. The maximum Gasteiger partial charge on any atom is 0.338 e. The molecule has 2 aromatic rings. The van der Waals surface area contributed by atoms with Crippen molar-refractivity contribution in [2.75, 3.05) is 23.8 Å². The Balaban J connectivity index is 1.74. The predicted molar refractivity (Wildman–Crippen MR) is 140 cm³/mol. The number of nitrogens with one attached hydrogen (secondary N) is 3. The van der Waals surface area contributed by atoms with Crippen LogP contribution in [0.15, 0.2) is 59.8 Å². The number of carbonyl (C=O) groups is 2. The first-order valence-electron chi connectivity index (χ1n) is 11.5. The van der Waals surface area contributed by atoms with Gasteiger partial charge in [0.15, 0.2) is 5.11 Å². The van der Waals surface area contributed by atoms with E-state index in [1.807, 2.05) is 55.1 Å².